The van der Waals surface area contributed by atoms with Gasteiger partial charge in [0.05, 0.1) is 18.9 Å². The molecule has 4 aliphatic heterocycles. The molecule has 18 nitrogen and oxygen atoms in total. The first-order chi connectivity index (χ1) is 38.5. The standard InChI is InChI=1S/C31H35N5O4Si.C30H36N4O5Si.2CH4/c1-29(2,3)41(21-12-8-6-9-13-21,22-14-10-7-11-15-22)37-18-24-26-27(40-30(4,5)39-26)31(19-32,38-24)25-17-16-23-28(33)34-20-35-36(23)25;1-28(2,3)40(20-12-8-6-9-13-20,21-14-10-7-11-15-21)36-18-23-25-26(39-29(4,5)38-25)30(35,37-23)24-17-16-22-27(31)32-19-33-34(22)24;;/h6-17,20,24,26-27H,18H2,1-5H3,(H2,33,34,35);6-17,19,23,25-26,35H,18H2,1-5H3,(H2,31,32,33);2*1H4/t24-,26-,27-,31?;23-,25-,26-,30?;;/m11../s1. The number of hydrogen-bond acceptors (Lipinski definition) is 16. The van der Waals surface area contributed by atoms with E-state index >= 15 is 0 Å². The summed E-state index contributed by atoms with van der Waals surface area (Å²) in [7, 11) is -5.73. The number of aliphatic hydroxyl groups is 1. The zero-order valence-corrected chi connectivity index (χ0v) is 49.4. The summed E-state index contributed by atoms with van der Waals surface area (Å²) < 4.78 is 56.0. The normalized spacial score (nSPS) is 25.4. The zero-order chi connectivity index (χ0) is 57.4. The van der Waals surface area contributed by atoms with Crippen molar-refractivity contribution in [3.8, 4) is 6.07 Å². The lowest BCUT2D eigenvalue weighted by atomic mass is 9.92. The number of nitrogens with zero attached hydrogens (tertiary/aromatic N) is 7. The van der Waals surface area contributed by atoms with E-state index in [2.05, 4.69) is 165 Å². The van der Waals surface area contributed by atoms with Crippen molar-refractivity contribution in [2.45, 2.75) is 154 Å². The Balaban J connectivity index is 0.000000195. The highest BCUT2D eigenvalue weighted by atomic mass is 28.4. The Hall–Kier alpha value is -6.72. The zero-order valence-electron chi connectivity index (χ0n) is 47.4. The second kappa shape index (κ2) is 22.4. The molecule has 8 heterocycles. The fraction of sp³-hybridized carbons (Fsp3) is 0.413. The van der Waals surface area contributed by atoms with Crippen molar-refractivity contribution in [1.29, 1.82) is 5.26 Å². The van der Waals surface area contributed by atoms with E-state index in [0.717, 1.165) is 20.7 Å². The summed E-state index contributed by atoms with van der Waals surface area (Å²) in [5.41, 5.74) is 12.7. The predicted molar refractivity (Wildman–Crippen MR) is 324 cm³/mol. The van der Waals surface area contributed by atoms with E-state index < -0.39 is 76.2 Å². The van der Waals surface area contributed by atoms with Crippen molar-refractivity contribution < 1.29 is 42.4 Å². The van der Waals surface area contributed by atoms with Gasteiger partial charge in [0.15, 0.2) is 23.2 Å². The molecule has 4 aliphatic rings. The van der Waals surface area contributed by atoms with E-state index in [0.29, 0.717) is 34.1 Å². The fourth-order valence-electron chi connectivity index (χ4n) is 12.7. The maximum atomic E-state index is 12.1. The summed E-state index contributed by atoms with van der Waals surface area (Å²) in [5.74, 6) is -3.09. The van der Waals surface area contributed by atoms with Crippen LogP contribution in [-0.4, -0.2) is 112 Å². The molecule has 4 aromatic carbocycles. The monoisotopic (exact) mass is 1160 g/mol. The lowest BCUT2D eigenvalue weighted by Gasteiger charge is -2.43. The minimum absolute atomic E-state index is 0. The molecule has 0 radical (unpaired) electrons. The first-order valence-electron chi connectivity index (χ1n) is 27.4. The van der Waals surface area contributed by atoms with E-state index in [1.807, 2.05) is 52.0 Å². The van der Waals surface area contributed by atoms with E-state index in [4.69, 9.17) is 48.7 Å². The van der Waals surface area contributed by atoms with Gasteiger partial charge in [-0.2, -0.15) is 15.5 Å². The van der Waals surface area contributed by atoms with Crippen molar-refractivity contribution in [2.24, 2.45) is 0 Å². The summed E-state index contributed by atoms with van der Waals surface area (Å²) in [6.07, 6.45) is -1.16. The number of anilines is 2. The lowest BCUT2D eigenvalue weighted by molar-refractivity contribution is -0.285. The van der Waals surface area contributed by atoms with Crippen molar-refractivity contribution in [1.82, 2.24) is 29.2 Å². The molecule has 12 rings (SSSR count). The molecule has 20 heteroatoms. The van der Waals surface area contributed by atoms with Crippen LogP contribution in [0.15, 0.2) is 158 Å². The topological polar surface area (TPSA) is 230 Å². The van der Waals surface area contributed by atoms with Gasteiger partial charge in [-0.3, -0.25) is 0 Å². The number of nitrogens with two attached hydrogens (primary N) is 2. The van der Waals surface area contributed by atoms with Crippen molar-refractivity contribution in [3.63, 3.8) is 0 Å². The average Bonchev–Trinajstić information content (AvgIpc) is 1.97. The van der Waals surface area contributed by atoms with Crippen LogP contribution in [0.2, 0.25) is 10.1 Å². The van der Waals surface area contributed by atoms with Crippen LogP contribution in [0.4, 0.5) is 11.6 Å². The first kappa shape index (κ1) is 60.9. The number of benzene rings is 4. The first-order valence-corrected chi connectivity index (χ1v) is 31.2. The molecule has 0 spiro atoms. The number of aromatic nitrogens is 6. The molecule has 0 amide bonds. The van der Waals surface area contributed by atoms with Crippen LogP contribution < -0.4 is 32.2 Å². The van der Waals surface area contributed by atoms with Gasteiger partial charge in [-0.25, -0.2) is 19.0 Å². The molecule has 4 saturated heterocycles. The molecular weight excluding hydrogens is 1080 g/mol. The largest absolute Gasteiger partial charge is 0.405 e. The highest BCUT2D eigenvalue weighted by molar-refractivity contribution is 7.00. The molecule has 8 aromatic rings. The molecule has 4 fully saturated rings. The maximum Gasteiger partial charge on any atom is 0.261 e. The van der Waals surface area contributed by atoms with Gasteiger partial charge in [-0.05, 0) is 82.8 Å². The van der Waals surface area contributed by atoms with Crippen LogP contribution in [0.3, 0.4) is 0 Å². The van der Waals surface area contributed by atoms with Gasteiger partial charge in [0, 0.05) is 0 Å². The smallest absolute Gasteiger partial charge is 0.261 e. The Kier molecular flexibility index (Phi) is 16.4. The minimum Gasteiger partial charge on any atom is -0.405 e. The van der Waals surface area contributed by atoms with Crippen LogP contribution in [-0.2, 0) is 48.7 Å². The second-order valence-corrected chi connectivity index (χ2v) is 32.8. The molecule has 5 N–H and O–H groups in total. The SMILES string of the molecule is C.C.CC1(C)O[C@H]2[C@@H](O1)C(C#N)(c1ccc3c(N)ncnn13)O[C@@H]2CO[Si](c1ccccc1)(c1ccccc1)C(C)(C)C.CC1(C)O[C@H]2[C@@H](O1)C(O)(c1ccc3c(N)ncnn13)O[C@@H]2CO[Si](c1ccccc1)(c1ccccc1)C(C)(C)C. The Morgan fingerprint density at radius 3 is 1.29 bits per heavy atom. The van der Waals surface area contributed by atoms with Crippen LogP contribution in [0, 0.1) is 11.3 Å². The van der Waals surface area contributed by atoms with Gasteiger partial charge in [0.2, 0.25) is 11.4 Å². The molecule has 0 aliphatic carbocycles. The van der Waals surface area contributed by atoms with E-state index in [9.17, 15) is 10.4 Å². The van der Waals surface area contributed by atoms with Crippen molar-refractivity contribution in [3.05, 3.63) is 170 Å². The van der Waals surface area contributed by atoms with Crippen molar-refractivity contribution in [2.75, 3.05) is 24.7 Å². The van der Waals surface area contributed by atoms with Gasteiger partial charge in [-0.1, -0.05) is 178 Å². The summed E-state index contributed by atoms with van der Waals surface area (Å²) >= 11 is 0. The molecular formula is C63H79N9O9Si2. The molecule has 8 atom stereocenters. The number of fused-ring (bicyclic) bond motifs is 4. The molecule has 0 bridgehead atoms. The molecule has 83 heavy (non-hydrogen) atoms. The van der Waals surface area contributed by atoms with Crippen LogP contribution in [0.25, 0.3) is 11.0 Å². The third kappa shape index (κ3) is 10.3. The van der Waals surface area contributed by atoms with E-state index in [1.165, 1.54) is 12.7 Å². The summed E-state index contributed by atoms with van der Waals surface area (Å²) in [6.45, 7) is 21.1. The van der Waals surface area contributed by atoms with Gasteiger partial charge >= 0.3 is 0 Å². The molecule has 2 unspecified atom stereocenters. The van der Waals surface area contributed by atoms with E-state index in [1.54, 1.807) is 33.3 Å². The Bertz CT molecular complexity index is 3500. The minimum atomic E-state index is -2.87. The predicted octanol–water partition coefficient (Wildman–Crippen LogP) is 7.75. The highest BCUT2D eigenvalue weighted by Crippen LogP contribution is 2.51. The fourth-order valence-corrected chi connectivity index (χ4v) is 21.8. The number of ether oxygens (including phenoxy) is 6. The molecule has 4 aromatic heterocycles. The second-order valence-electron chi connectivity index (χ2n) is 24.2. The Labute approximate surface area is 488 Å². The lowest BCUT2D eigenvalue weighted by Crippen LogP contribution is -2.67. The van der Waals surface area contributed by atoms with Gasteiger partial charge in [-0.15, -0.1) is 0 Å². The Morgan fingerprint density at radius 1 is 0.530 bits per heavy atom. The third-order valence-electron chi connectivity index (χ3n) is 16.1. The summed E-state index contributed by atoms with van der Waals surface area (Å²) in [6, 6.07) is 51.2. The van der Waals surface area contributed by atoms with Crippen LogP contribution in [0.1, 0.15) is 95.5 Å². The van der Waals surface area contributed by atoms with Crippen LogP contribution in [0.5, 0.6) is 0 Å². The van der Waals surface area contributed by atoms with Gasteiger partial charge < -0.3 is 53.8 Å². The molecule has 0 saturated carbocycles. The van der Waals surface area contributed by atoms with Crippen LogP contribution >= 0.6 is 0 Å². The number of rotatable bonds is 12. The van der Waals surface area contributed by atoms with Crippen molar-refractivity contribution >= 4 is 60.1 Å². The highest BCUT2D eigenvalue weighted by Gasteiger charge is 2.67. The number of hydrogen-bond donors (Lipinski definition) is 3. The number of nitriles is 1. The summed E-state index contributed by atoms with van der Waals surface area (Å²) in [5, 5.41) is 35.8. The Morgan fingerprint density at radius 2 is 0.892 bits per heavy atom. The molecule has 438 valence electrons. The van der Waals surface area contributed by atoms with Gasteiger partial charge in [0.1, 0.15) is 72.1 Å². The quantitative estimate of drug-likeness (QED) is 0.0993. The maximum absolute atomic E-state index is 12.1. The number of nitrogen functional groups attached to an aromatic ring is 2. The third-order valence-corrected chi connectivity index (χ3v) is 26.1. The summed E-state index contributed by atoms with van der Waals surface area (Å²) in [4.78, 5) is 8.15. The van der Waals surface area contributed by atoms with E-state index in [-0.39, 0.29) is 38.1 Å². The van der Waals surface area contributed by atoms with Gasteiger partial charge in [0.25, 0.3) is 16.6 Å². The average molecular weight is 1160 g/mol.